The van der Waals surface area contributed by atoms with Gasteiger partial charge in [-0.05, 0) is 161 Å². The Morgan fingerprint density at radius 1 is 0.360 bits per heavy atom. The molecule has 86 heavy (non-hydrogen) atoms. The van der Waals surface area contributed by atoms with Gasteiger partial charge in [0.2, 0.25) is 0 Å². The smallest absolute Gasteiger partial charge is 0.412 e. The van der Waals surface area contributed by atoms with Crippen LogP contribution in [-0.4, -0.2) is 66.6 Å². The second kappa shape index (κ2) is 32.5. The summed E-state index contributed by atoms with van der Waals surface area (Å²) >= 11 is 6.04. The van der Waals surface area contributed by atoms with Gasteiger partial charge in [0, 0.05) is 98.6 Å². The first-order valence-electron chi connectivity index (χ1n) is 31.2. The van der Waals surface area contributed by atoms with Gasteiger partial charge in [-0.25, -0.2) is 14.4 Å². The molecule has 8 bridgehead atoms. The Morgan fingerprint density at radius 2 is 0.593 bits per heavy atom. The van der Waals surface area contributed by atoms with E-state index >= 15 is 0 Å². The first-order valence-corrected chi connectivity index (χ1v) is 31.6. The largest absolute Gasteiger partial charge is 0.493 e. The first-order chi connectivity index (χ1) is 40.9. The second-order valence-electron chi connectivity index (χ2n) is 25.2. The number of carbonyl (C=O) groups is 3. The molecular weight excluding hydrogens is 1100 g/mol. The molecule has 5 aromatic rings. The molecule has 5 aromatic carbocycles. The quantitative estimate of drug-likeness (QED) is 0.0208. The molecular formula is C70H97N5O10S. The van der Waals surface area contributed by atoms with Crippen molar-refractivity contribution < 1.29 is 47.5 Å². The number of nitrogens with one attached hydrogen (secondary N) is 5. The van der Waals surface area contributed by atoms with Crippen LogP contribution in [0.2, 0.25) is 0 Å². The molecule has 6 rings (SSSR count). The average Bonchev–Trinajstić information content (AvgIpc) is 1.94. The maximum atomic E-state index is 13.9. The molecule has 0 saturated heterocycles. The highest BCUT2D eigenvalue weighted by atomic mass is 32.1. The van der Waals surface area contributed by atoms with Crippen LogP contribution >= 0.6 is 12.2 Å². The lowest BCUT2D eigenvalue weighted by atomic mass is 9.90. The number of unbranched alkanes of at least 4 members (excludes halogenated alkanes) is 8. The summed E-state index contributed by atoms with van der Waals surface area (Å²) in [6, 6.07) is 25.6. The van der Waals surface area contributed by atoms with Crippen molar-refractivity contribution in [2.75, 3.05) is 53.0 Å². The van der Waals surface area contributed by atoms with Crippen LogP contribution in [0.3, 0.4) is 0 Å². The van der Waals surface area contributed by atoms with E-state index in [0.717, 1.165) is 127 Å². The number of hydrogen-bond donors (Lipinski definition) is 5. The fourth-order valence-electron chi connectivity index (χ4n) is 10.1. The number of carbonyl (C=O) groups excluding carboxylic acids is 3. The van der Waals surface area contributed by atoms with E-state index in [1.54, 1.807) is 0 Å². The molecule has 0 atom stereocenters. The standard InChI is InChI=1S/C70H97N5O10S/c1-14-18-25-31-79-60-47-35-49-41-57(73-65(76)83-68(5,6)7)43-51(61(49)80-32-26-19-15-2)37-53-45-59(75-67(78)85-70(11,12)13)46-54(63(53)82-34-28-21-17-4)38-52-44-58(74-66(77)84-69(8,9)10)42-50(62(52)81-33-27-20-16-3)36-48(60)40-56(39-47)72-64(86)71-55-29-23-22-24-30-55/h22-24,29-30,39-46H,14-21,25-28,31-38H2,1-13H3,(H,73,76)(H,74,77)(H,75,78)(H2,71,72,86). The molecule has 15 nitrogen and oxygen atoms in total. The predicted molar refractivity (Wildman–Crippen MR) is 353 cm³/mol. The van der Waals surface area contributed by atoms with Gasteiger partial charge >= 0.3 is 18.3 Å². The van der Waals surface area contributed by atoms with E-state index in [0.29, 0.717) is 77.3 Å². The molecule has 5 N–H and O–H groups in total. The lowest BCUT2D eigenvalue weighted by Gasteiger charge is -2.26. The summed E-state index contributed by atoms with van der Waals surface area (Å²) in [6.45, 7) is 26.9. The predicted octanol–water partition coefficient (Wildman–Crippen LogP) is 18.5. The summed E-state index contributed by atoms with van der Waals surface area (Å²) < 4.78 is 45.9. The van der Waals surface area contributed by atoms with Crippen LogP contribution in [0.15, 0.2) is 78.9 Å². The molecule has 0 heterocycles. The van der Waals surface area contributed by atoms with Crippen molar-refractivity contribution >= 4 is 64.0 Å². The molecule has 16 heteroatoms. The number of para-hydroxylation sites is 1. The lowest BCUT2D eigenvalue weighted by Crippen LogP contribution is -2.27. The third-order valence-electron chi connectivity index (χ3n) is 13.7. The highest BCUT2D eigenvalue weighted by Gasteiger charge is 2.28. The van der Waals surface area contributed by atoms with Crippen molar-refractivity contribution in [3.63, 3.8) is 0 Å². The Kier molecular flexibility index (Phi) is 25.7. The second-order valence-corrected chi connectivity index (χ2v) is 25.7. The lowest BCUT2D eigenvalue weighted by molar-refractivity contribution is 0.0624. The fourth-order valence-corrected chi connectivity index (χ4v) is 10.3. The van der Waals surface area contributed by atoms with Gasteiger partial charge in [0.1, 0.15) is 39.8 Å². The summed E-state index contributed by atoms with van der Waals surface area (Å²) in [5.41, 5.74) is 6.90. The minimum absolute atomic E-state index is 0.235. The van der Waals surface area contributed by atoms with Crippen molar-refractivity contribution in [3.05, 3.63) is 123 Å². The van der Waals surface area contributed by atoms with Gasteiger partial charge in [0.25, 0.3) is 0 Å². The zero-order valence-corrected chi connectivity index (χ0v) is 54.5. The van der Waals surface area contributed by atoms with E-state index in [4.69, 9.17) is 45.4 Å². The van der Waals surface area contributed by atoms with Gasteiger partial charge in [0.15, 0.2) is 5.11 Å². The van der Waals surface area contributed by atoms with Crippen molar-refractivity contribution in [2.24, 2.45) is 0 Å². The molecule has 1 aliphatic rings. The molecule has 0 aromatic heterocycles. The van der Waals surface area contributed by atoms with Crippen LogP contribution in [0.1, 0.15) is 212 Å². The minimum Gasteiger partial charge on any atom is -0.493 e. The van der Waals surface area contributed by atoms with E-state index in [9.17, 15) is 14.4 Å². The summed E-state index contributed by atoms with van der Waals surface area (Å²) in [7, 11) is 0. The molecule has 0 spiro atoms. The Labute approximate surface area is 518 Å². The van der Waals surface area contributed by atoms with Crippen molar-refractivity contribution in [3.8, 4) is 23.0 Å². The van der Waals surface area contributed by atoms with Crippen LogP contribution in [0.5, 0.6) is 23.0 Å². The highest BCUT2D eigenvalue weighted by molar-refractivity contribution is 7.80. The van der Waals surface area contributed by atoms with Gasteiger partial charge < -0.3 is 43.8 Å². The number of hydrogen-bond acceptors (Lipinski definition) is 11. The molecule has 0 radical (unpaired) electrons. The normalized spacial score (nSPS) is 12.3. The molecule has 468 valence electrons. The average molecular weight is 1200 g/mol. The van der Waals surface area contributed by atoms with Gasteiger partial charge in [-0.1, -0.05) is 97.3 Å². The zero-order chi connectivity index (χ0) is 62.4. The van der Waals surface area contributed by atoms with Crippen LogP contribution < -0.4 is 45.5 Å². The summed E-state index contributed by atoms with van der Waals surface area (Å²) in [6.07, 6.45) is 10.3. The van der Waals surface area contributed by atoms with E-state index in [1.807, 2.05) is 129 Å². The molecule has 0 aliphatic heterocycles. The van der Waals surface area contributed by atoms with Crippen molar-refractivity contribution in [1.82, 2.24) is 0 Å². The Balaban J connectivity index is 1.77. The number of fused-ring (bicyclic) bond motifs is 8. The number of ether oxygens (including phenoxy) is 7. The highest BCUT2D eigenvalue weighted by Crippen LogP contribution is 2.43. The molecule has 3 amide bonds. The number of anilines is 5. The van der Waals surface area contributed by atoms with Crippen LogP contribution in [0, 0.1) is 0 Å². The SMILES string of the molecule is CCCCCOc1c2cc(NC(=O)OC(C)(C)C)cc1Cc1cc(NC(=O)OC(C)(C)C)cc(c1OCCCCC)Cc1cc(NC(=S)Nc3ccccc3)cc(c1OCCCCC)Cc1cc(NC(=O)OC(C)(C)C)cc(c1OCCCCC)C2. The fraction of sp³-hybridized carbons (Fsp3) is 0.514. The van der Waals surface area contributed by atoms with E-state index in [1.165, 1.54) is 0 Å². The van der Waals surface area contributed by atoms with E-state index in [-0.39, 0.29) is 25.7 Å². The van der Waals surface area contributed by atoms with Gasteiger partial charge in [0.05, 0.1) is 26.4 Å². The third kappa shape index (κ3) is 22.6. The van der Waals surface area contributed by atoms with Crippen molar-refractivity contribution in [1.29, 1.82) is 0 Å². The maximum Gasteiger partial charge on any atom is 0.412 e. The maximum absolute atomic E-state index is 13.9. The Bertz CT molecular complexity index is 2910. The first kappa shape index (κ1) is 67.9. The Hall–Kier alpha value is -7.20. The zero-order valence-electron chi connectivity index (χ0n) is 53.6. The monoisotopic (exact) mass is 1200 g/mol. The molecule has 0 unspecified atom stereocenters. The summed E-state index contributed by atoms with van der Waals surface area (Å²) in [5.74, 6) is 2.60. The summed E-state index contributed by atoms with van der Waals surface area (Å²) in [4.78, 5) is 41.7. The molecule has 0 fully saturated rings. The minimum atomic E-state index is -0.784. The van der Waals surface area contributed by atoms with E-state index in [2.05, 4.69) is 66.4 Å². The van der Waals surface area contributed by atoms with Crippen LogP contribution in [0.25, 0.3) is 0 Å². The van der Waals surface area contributed by atoms with E-state index < -0.39 is 35.1 Å². The third-order valence-corrected chi connectivity index (χ3v) is 13.9. The molecule has 1 aliphatic carbocycles. The van der Waals surface area contributed by atoms with Gasteiger partial charge in [-0.15, -0.1) is 0 Å². The summed E-state index contributed by atoms with van der Waals surface area (Å²) in [5, 5.41) is 16.5. The number of benzene rings is 5. The van der Waals surface area contributed by atoms with Crippen LogP contribution in [0.4, 0.5) is 42.8 Å². The van der Waals surface area contributed by atoms with Gasteiger partial charge in [-0.3, -0.25) is 16.0 Å². The number of rotatable bonds is 25. The topological polar surface area (TPSA) is 176 Å². The number of thiocarbonyl (C=S) groups is 1. The molecule has 0 saturated carbocycles. The Morgan fingerprint density at radius 3 is 0.826 bits per heavy atom. The van der Waals surface area contributed by atoms with Gasteiger partial charge in [-0.2, -0.15) is 0 Å². The number of amides is 3. The van der Waals surface area contributed by atoms with Crippen LogP contribution in [-0.2, 0) is 39.9 Å². The van der Waals surface area contributed by atoms with Crippen molar-refractivity contribution in [2.45, 2.75) is 210 Å².